The van der Waals surface area contributed by atoms with Crippen molar-refractivity contribution in [3.05, 3.63) is 63.6 Å². The summed E-state index contributed by atoms with van der Waals surface area (Å²) in [6, 6.07) is 6.86. The second-order valence-electron chi connectivity index (χ2n) is 9.92. The first-order valence-electron chi connectivity index (χ1n) is 12.0. The average Bonchev–Trinajstić information content (AvgIpc) is 2.78. The molecular formula is C26H33Cl2F2N3O4S. The summed E-state index contributed by atoms with van der Waals surface area (Å²) in [5, 5.41) is 3.57. The zero-order valence-electron chi connectivity index (χ0n) is 22.0. The Morgan fingerprint density at radius 2 is 1.66 bits per heavy atom. The molecule has 0 radical (unpaired) electrons. The van der Waals surface area contributed by atoms with Crippen molar-refractivity contribution in [3.63, 3.8) is 0 Å². The summed E-state index contributed by atoms with van der Waals surface area (Å²) in [4.78, 5) is 28.0. The Kier molecular flexibility index (Phi) is 10.9. The van der Waals surface area contributed by atoms with E-state index in [2.05, 4.69) is 5.32 Å². The highest BCUT2D eigenvalue weighted by atomic mass is 35.5. The molecule has 2 rings (SSSR count). The molecule has 0 saturated carbocycles. The molecule has 2 aromatic rings. The molecule has 1 atom stereocenters. The summed E-state index contributed by atoms with van der Waals surface area (Å²) in [5.74, 6) is -3.07. The van der Waals surface area contributed by atoms with Crippen LogP contribution in [0.1, 0.15) is 52.5 Å². The number of nitrogens with one attached hydrogen (secondary N) is 1. The van der Waals surface area contributed by atoms with Crippen molar-refractivity contribution >= 4 is 50.7 Å². The van der Waals surface area contributed by atoms with Crippen LogP contribution in [0.3, 0.4) is 0 Å². The number of carbonyl (C=O) groups is 2. The minimum Gasteiger partial charge on any atom is -0.350 e. The van der Waals surface area contributed by atoms with Gasteiger partial charge in [0.05, 0.1) is 11.9 Å². The first-order chi connectivity index (χ1) is 17.5. The van der Waals surface area contributed by atoms with Gasteiger partial charge in [0.25, 0.3) is 0 Å². The van der Waals surface area contributed by atoms with Crippen LogP contribution in [0.4, 0.5) is 14.5 Å². The molecule has 0 aliphatic heterocycles. The first kappa shape index (κ1) is 31.8. The molecule has 0 aliphatic rings. The van der Waals surface area contributed by atoms with Gasteiger partial charge in [0.2, 0.25) is 21.8 Å². The van der Waals surface area contributed by atoms with Crippen molar-refractivity contribution in [3.8, 4) is 0 Å². The number of hydrogen-bond donors (Lipinski definition) is 1. The second-order valence-corrected chi connectivity index (χ2v) is 12.6. The first-order valence-corrected chi connectivity index (χ1v) is 14.6. The number of nitrogens with zero attached hydrogens (tertiary/aromatic N) is 2. The maximum Gasteiger partial charge on any atom is 0.243 e. The lowest BCUT2D eigenvalue weighted by atomic mass is 10.0. The van der Waals surface area contributed by atoms with Crippen LogP contribution in [0.5, 0.6) is 0 Å². The maximum absolute atomic E-state index is 13.8. The molecule has 0 bridgehead atoms. The molecule has 1 N–H and O–H groups in total. The van der Waals surface area contributed by atoms with Gasteiger partial charge in [-0.3, -0.25) is 13.9 Å². The van der Waals surface area contributed by atoms with Gasteiger partial charge in [-0.2, -0.15) is 0 Å². The number of anilines is 1. The van der Waals surface area contributed by atoms with Gasteiger partial charge in [0.1, 0.15) is 6.04 Å². The lowest BCUT2D eigenvalue weighted by Crippen LogP contribution is -2.53. The zero-order chi connectivity index (χ0) is 28.8. The number of sulfonamides is 1. The fourth-order valence-corrected chi connectivity index (χ4v) is 5.34. The van der Waals surface area contributed by atoms with E-state index in [1.165, 1.54) is 4.90 Å². The van der Waals surface area contributed by atoms with Gasteiger partial charge >= 0.3 is 0 Å². The van der Waals surface area contributed by atoms with Crippen molar-refractivity contribution < 1.29 is 26.8 Å². The minimum atomic E-state index is -3.86. The molecule has 0 unspecified atom stereocenters. The molecule has 7 nitrogen and oxygen atoms in total. The van der Waals surface area contributed by atoms with E-state index in [4.69, 9.17) is 23.2 Å². The molecule has 2 amide bonds. The number of rotatable bonds is 11. The molecule has 0 saturated heterocycles. The molecule has 38 heavy (non-hydrogen) atoms. The Morgan fingerprint density at radius 1 is 1.05 bits per heavy atom. The summed E-state index contributed by atoms with van der Waals surface area (Å²) in [5.41, 5.74) is -0.123. The van der Waals surface area contributed by atoms with Crippen molar-refractivity contribution in [2.45, 2.75) is 65.1 Å². The summed E-state index contributed by atoms with van der Waals surface area (Å²) in [6.45, 7) is 7.05. The van der Waals surface area contributed by atoms with Gasteiger partial charge in [-0.15, -0.1) is 0 Å². The lowest BCUT2D eigenvalue weighted by molar-refractivity contribution is -0.142. The average molecular weight is 593 g/mol. The quantitative estimate of drug-likeness (QED) is 0.371. The summed E-state index contributed by atoms with van der Waals surface area (Å²) >= 11 is 12.7. The molecule has 0 aliphatic carbocycles. The van der Waals surface area contributed by atoms with E-state index in [-0.39, 0.29) is 37.5 Å². The van der Waals surface area contributed by atoms with E-state index in [1.54, 1.807) is 25.1 Å². The third kappa shape index (κ3) is 8.81. The van der Waals surface area contributed by atoms with Crippen molar-refractivity contribution in [2.24, 2.45) is 0 Å². The van der Waals surface area contributed by atoms with Crippen LogP contribution in [-0.4, -0.2) is 49.5 Å². The normalized spacial score (nSPS) is 12.7. The highest BCUT2D eigenvalue weighted by Gasteiger charge is 2.31. The van der Waals surface area contributed by atoms with E-state index in [0.717, 1.165) is 28.8 Å². The van der Waals surface area contributed by atoms with E-state index in [1.807, 2.05) is 20.8 Å². The molecule has 0 heterocycles. The van der Waals surface area contributed by atoms with Gasteiger partial charge < -0.3 is 10.2 Å². The van der Waals surface area contributed by atoms with E-state index >= 15 is 0 Å². The smallest absolute Gasteiger partial charge is 0.243 e. The molecule has 0 spiro atoms. The number of benzene rings is 2. The minimum absolute atomic E-state index is 0.0353. The highest BCUT2D eigenvalue weighted by Crippen LogP contribution is 2.28. The maximum atomic E-state index is 13.8. The van der Waals surface area contributed by atoms with Crippen LogP contribution in [0.15, 0.2) is 36.4 Å². The number of halogens is 4. The predicted octanol–water partition coefficient (Wildman–Crippen LogP) is 5.54. The zero-order valence-corrected chi connectivity index (χ0v) is 24.4. The van der Waals surface area contributed by atoms with Crippen LogP contribution in [-0.2, 0) is 26.2 Å². The van der Waals surface area contributed by atoms with Gasteiger partial charge in [-0.1, -0.05) is 36.2 Å². The fourth-order valence-electron chi connectivity index (χ4n) is 3.87. The third-order valence-electron chi connectivity index (χ3n) is 5.62. The second kappa shape index (κ2) is 13.1. The van der Waals surface area contributed by atoms with Crippen LogP contribution in [0, 0.1) is 11.6 Å². The van der Waals surface area contributed by atoms with Gasteiger partial charge in [0, 0.05) is 46.7 Å². The Labute approximate surface area is 233 Å². The molecular weight excluding hydrogens is 559 g/mol. The van der Waals surface area contributed by atoms with Gasteiger partial charge in [-0.25, -0.2) is 17.2 Å². The van der Waals surface area contributed by atoms with E-state index in [0.29, 0.717) is 22.0 Å². The Hall–Kier alpha value is -2.43. The fraction of sp³-hybridized carbons (Fsp3) is 0.462. The third-order valence-corrected chi connectivity index (χ3v) is 7.52. The Balaban J connectivity index is 2.31. The summed E-state index contributed by atoms with van der Waals surface area (Å²) < 4.78 is 52.8. The topological polar surface area (TPSA) is 86.8 Å². The van der Waals surface area contributed by atoms with Crippen molar-refractivity contribution in [2.75, 3.05) is 17.1 Å². The van der Waals surface area contributed by atoms with Gasteiger partial charge in [0.15, 0.2) is 11.6 Å². The predicted molar refractivity (Wildman–Crippen MR) is 147 cm³/mol. The lowest BCUT2D eigenvalue weighted by Gasteiger charge is -2.33. The van der Waals surface area contributed by atoms with Crippen molar-refractivity contribution in [1.29, 1.82) is 0 Å². The largest absolute Gasteiger partial charge is 0.350 e. The SMILES string of the molecule is CC[C@@H](C(=O)NC(C)(C)C)N(Cc1c(Cl)cccc1Cl)C(=O)CCCN(c1ccc(F)c(F)c1)S(C)(=O)=O. The van der Waals surface area contributed by atoms with Crippen LogP contribution in [0.25, 0.3) is 0 Å². The number of amides is 2. The van der Waals surface area contributed by atoms with Crippen LogP contribution < -0.4 is 9.62 Å². The molecule has 2 aromatic carbocycles. The highest BCUT2D eigenvalue weighted by molar-refractivity contribution is 7.92. The summed E-state index contributed by atoms with van der Waals surface area (Å²) in [6.07, 6.45) is 1.16. The van der Waals surface area contributed by atoms with Crippen molar-refractivity contribution in [1.82, 2.24) is 10.2 Å². The van der Waals surface area contributed by atoms with E-state index in [9.17, 15) is 26.8 Å². The molecule has 0 fully saturated rings. The summed E-state index contributed by atoms with van der Waals surface area (Å²) in [7, 11) is -3.86. The standard InChI is InChI=1S/C26H33Cl2F2N3O4S/c1-6-23(25(35)31-26(2,3)4)32(16-18-19(27)9-7-10-20(18)28)24(34)11-8-14-33(38(5,36)37)17-12-13-21(29)22(30)15-17/h7,9-10,12-13,15,23H,6,8,11,14,16H2,1-5H3,(H,31,35)/t23-/m0/s1. The van der Waals surface area contributed by atoms with Crippen LogP contribution in [0.2, 0.25) is 10.0 Å². The number of carbonyl (C=O) groups excluding carboxylic acids is 2. The Bertz CT molecular complexity index is 1250. The monoisotopic (exact) mass is 591 g/mol. The molecule has 210 valence electrons. The van der Waals surface area contributed by atoms with Gasteiger partial charge in [-0.05, 0) is 57.9 Å². The molecule has 12 heteroatoms. The van der Waals surface area contributed by atoms with E-state index < -0.39 is 39.1 Å². The van der Waals surface area contributed by atoms with Crippen LogP contribution >= 0.6 is 23.2 Å². The Morgan fingerprint density at radius 3 is 2.16 bits per heavy atom. The number of hydrogen-bond acceptors (Lipinski definition) is 4. The molecule has 0 aromatic heterocycles.